The standard InChI is InChI=1S/C23H15F3N4O6S/c1-2-36-22(33)18-15-11-37-20(27-19(31)14-5-3-4-6-16(14)30(34)35)17(15)21(32)29(28-18)13-9-7-12(8-10-13)23(24,25)26/h3-11H,2H2,1H3,(H,27,31). The van der Waals surface area contributed by atoms with Crippen LogP contribution in [0.1, 0.15) is 33.3 Å². The van der Waals surface area contributed by atoms with Crippen LogP contribution in [0.25, 0.3) is 16.5 Å². The quantitative estimate of drug-likeness (QED) is 0.214. The van der Waals surface area contributed by atoms with Crippen LogP contribution in [0, 0.1) is 10.1 Å². The van der Waals surface area contributed by atoms with Gasteiger partial charge in [0.05, 0.1) is 28.2 Å². The van der Waals surface area contributed by atoms with Crippen LogP contribution in [0.2, 0.25) is 0 Å². The summed E-state index contributed by atoms with van der Waals surface area (Å²) in [5.41, 5.74) is -2.91. The van der Waals surface area contributed by atoms with E-state index in [0.29, 0.717) is 0 Å². The van der Waals surface area contributed by atoms with Crippen molar-refractivity contribution in [3.05, 3.63) is 91.2 Å². The average molecular weight is 532 g/mol. The third-order valence-corrected chi connectivity index (χ3v) is 6.03. The summed E-state index contributed by atoms with van der Waals surface area (Å²) < 4.78 is 44.7. The smallest absolute Gasteiger partial charge is 0.416 e. The molecule has 2 heterocycles. The zero-order valence-corrected chi connectivity index (χ0v) is 19.6. The van der Waals surface area contributed by atoms with E-state index in [1.54, 1.807) is 6.92 Å². The first-order chi connectivity index (χ1) is 17.5. The Morgan fingerprint density at radius 2 is 1.84 bits per heavy atom. The van der Waals surface area contributed by atoms with E-state index >= 15 is 0 Å². The number of nitrogens with one attached hydrogen (secondary N) is 1. The number of fused-ring (bicyclic) bond motifs is 1. The van der Waals surface area contributed by atoms with Crippen LogP contribution in [0.3, 0.4) is 0 Å². The normalized spacial score (nSPS) is 11.4. The highest BCUT2D eigenvalue weighted by molar-refractivity contribution is 7.16. The van der Waals surface area contributed by atoms with Crippen molar-refractivity contribution in [2.75, 3.05) is 11.9 Å². The number of thiophene rings is 1. The number of nitro benzene ring substituents is 1. The number of carbonyl (C=O) groups is 2. The lowest BCUT2D eigenvalue weighted by atomic mass is 10.1. The lowest BCUT2D eigenvalue weighted by Gasteiger charge is -2.11. The zero-order valence-electron chi connectivity index (χ0n) is 18.7. The van der Waals surface area contributed by atoms with Gasteiger partial charge in [-0.05, 0) is 37.3 Å². The molecule has 0 saturated heterocycles. The Morgan fingerprint density at radius 3 is 2.46 bits per heavy atom. The molecule has 0 radical (unpaired) electrons. The van der Waals surface area contributed by atoms with Crippen molar-refractivity contribution in [1.29, 1.82) is 0 Å². The molecule has 37 heavy (non-hydrogen) atoms. The summed E-state index contributed by atoms with van der Waals surface area (Å²) in [5.74, 6) is -1.78. The Labute approximate surface area is 209 Å². The van der Waals surface area contributed by atoms with Gasteiger partial charge in [0.2, 0.25) is 0 Å². The van der Waals surface area contributed by atoms with Gasteiger partial charge in [0.25, 0.3) is 17.2 Å². The summed E-state index contributed by atoms with van der Waals surface area (Å²) in [6.07, 6.45) is -4.61. The third kappa shape index (κ3) is 4.91. The van der Waals surface area contributed by atoms with E-state index in [-0.39, 0.29) is 39.3 Å². The Hall–Kier alpha value is -4.59. The van der Waals surface area contributed by atoms with Crippen LogP contribution in [0.5, 0.6) is 0 Å². The molecule has 0 aliphatic carbocycles. The molecule has 4 aromatic rings. The summed E-state index contributed by atoms with van der Waals surface area (Å²) in [4.78, 5) is 49.4. The lowest BCUT2D eigenvalue weighted by Crippen LogP contribution is -2.25. The number of aromatic nitrogens is 2. The fourth-order valence-corrected chi connectivity index (χ4v) is 4.39. The molecule has 2 aromatic carbocycles. The summed E-state index contributed by atoms with van der Waals surface area (Å²) in [5, 5.41) is 19.0. The number of hydrogen-bond donors (Lipinski definition) is 1. The van der Waals surface area contributed by atoms with Crippen LogP contribution < -0.4 is 10.9 Å². The van der Waals surface area contributed by atoms with Gasteiger partial charge in [0, 0.05) is 16.8 Å². The SMILES string of the molecule is CCOC(=O)c1nn(-c2ccc(C(F)(F)F)cc2)c(=O)c2c(NC(=O)c3ccccc3[N+](=O)[O-])scc12. The molecule has 0 fully saturated rings. The van der Waals surface area contributed by atoms with E-state index < -0.39 is 39.8 Å². The highest BCUT2D eigenvalue weighted by Gasteiger charge is 2.30. The number of nitrogens with zero attached hydrogens (tertiary/aromatic N) is 3. The van der Waals surface area contributed by atoms with Gasteiger partial charge >= 0.3 is 12.1 Å². The molecular formula is C23H15F3N4O6S. The van der Waals surface area contributed by atoms with Gasteiger partial charge < -0.3 is 10.1 Å². The number of esters is 1. The number of amides is 1. The second-order valence-electron chi connectivity index (χ2n) is 7.41. The summed E-state index contributed by atoms with van der Waals surface area (Å²) in [6.45, 7) is 1.53. The van der Waals surface area contributed by atoms with E-state index in [1.807, 2.05) is 0 Å². The second-order valence-corrected chi connectivity index (χ2v) is 8.29. The van der Waals surface area contributed by atoms with Gasteiger partial charge in [-0.15, -0.1) is 11.3 Å². The number of rotatable bonds is 6. The van der Waals surface area contributed by atoms with E-state index in [0.717, 1.165) is 46.4 Å². The van der Waals surface area contributed by atoms with Crippen LogP contribution in [0.15, 0.2) is 58.7 Å². The lowest BCUT2D eigenvalue weighted by molar-refractivity contribution is -0.385. The molecule has 1 N–H and O–H groups in total. The Morgan fingerprint density at radius 1 is 1.16 bits per heavy atom. The average Bonchev–Trinajstić information content (AvgIpc) is 3.28. The highest BCUT2D eigenvalue weighted by atomic mass is 32.1. The van der Waals surface area contributed by atoms with Gasteiger partial charge in [-0.2, -0.15) is 23.0 Å². The van der Waals surface area contributed by atoms with E-state index in [9.17, 15) is 37.7 Å². The molecule has 4 rings (SSSR count). The number of halogens is 3. The minimum Gasteiger partial charge on any atom is -0.461 e. The predicted molar refractivity (Wildman–Crippen MR) is 127 cm³/mol. The van der Waals surface area contributed by atoms with Gasteiger partial charge in [-0.25, -0.2) is 4.79 Å². The van der Waals surface area contributed by atoms with Crippen molar-refractivity contribution >= 4 is 44.7 Å². The highest BCUT2D eigenvalue weighted by Crippen LogP contribution is 2.33. The molecule has 0 bridgehead atoms. The molecule has 0 unspecified atom stereocenters. The van der Waals surface area contributed by atoms with E-state index in [1.165, 1.54) is 23.6 Å². The van der Waals surface area contributed by atoms with Gasteiger partial charge in [0.1, 0.15) is 10.6 Å². The van der Waals surface area contributed by atoms with E-state index in [4.69, 9.17) is 4.74 Å². The predicted octanol–water partition coefficient (Wildman–Crippen LogP) is 4.80. The first kappa shape index (κ1) is 25.5. The van der Waals surface area contributed by atoms with Crippen molar-refractivity contribution in [2.24, 2.45) is 0 Å². The van der Waals surface area contributed by atoms with Crippen LogP contribution >= 0.6 is 11.3 Å². The van der Waals surface area contributed by atoms with Crippen LogP contribution in [0.4, 0.5) is 23.9 Å². The van der Waals surface area contributed by atoms with Crippen LogP contribution in [-0.2, 0) is 10.9 Å². The summed E-state index contributed by atoms with van der Waals surface area (Å²) in [7, 11) is 0. The van der Waals surface area contributed by atoms with Gasteiger partial charge in [-0.3, -0.25) is 19.7 Å². The van der Waals surface area contributed by atoms with Gasteiger partial charge in [0.15, 0.2) is 5.69 Å². The Bertz CT molecular complexity index is 1600. The number of alkyl halides is 3. The largest absolute Gasteiger partial charge is 0.461 e. The zero-order chi connectivity index (χ0) is 26.9. The maximum atomic E-state index is 13.4. The number of carbonyl (C=O) groups excluding carboxylic acids is 2. The molecular weight excluding hydrogens is 517 g/mol. The maximum absolute atomic E-state index is 13.4. The molecule has 2 aromatic heterocycles. The minimum absolute atomic E-state index is 0.0210. The van der Waals surface area contributed by atoms with Crippen molar-refractivity contribution < 1.29 is 32.4 Å². The molecule has 0 aliphatic heterocycles. The molecule has 190 valence electrons. The summed E-state index contributed by atoms with van der Waals surface area (Å²) in [6, 6.07) is 8.71. The Kier molecular flexibility index (Phi) is 6.76. The van der Waals surface area contributed by atoms with Crippen molar-refractivity contribution in [1.82, 2.24) is 9.78 Å². The molecule has 0 saturated carbocycles. The number of hydrogen-bond acceptors (Lipinski definition) is 8. The molecule has 1 amide bonds. The van der Waals surface area contributed by atoms with Crippen molar-refractivity contribution in [3.8, 4) is 5.69 Å². The molecule has 10 nitrogen and oxygen atoms in total. The number of para-hydroxylation sites is 1. The minimum atomic E-state index is -4.61. The summed E-state index contributed by atoms with van der Waals surface area (Å²) >= 11 is 0.862. The molecule has 14 heteroatoms. The fourth-order valence-electron chi connectivity index (χ4n) is 3.45. The maximum Gasteiger partial charge on any atom is 0.416 e. The topological polar surface area (TPSA) is 133 Å². The first-order valence-corrected chi connectivity index (χ1v) is 11.3. The third-order valence-electron chi connectivity index (χ3n) is 5.13. The van der Waals surface area contributed by atoms with Crippen LogP contribution in [-0.4, -0.2) is 33.2 Å². The molecule has 0 atom stereocenters. The molecule has 0 aliphatic rings. The van der Waals surface area contributed by atoms with E-state index in [2.05, 4.69) is 10.4 Å². The van der Waals surface area contributed by atoms with Crippen molar-refractivity contribution in [2.45, 2.75) is 13.1 Å². The number of benzene rings is 2. The fraction of sp³-hybridized carbons (Fsp3) is 0.130. The van der Waals surface area contributed by atoms with Crippen molar-refractivity contribution in [3.63, 3.8) is 0 Å². The monoisotopic (exact) mass is 532 g/mol. The number of nitro groups is 1. The Balaban J connectivity index is 1.87. The number of ether oxygens (including phenoxy) is 1. The first-order valence-electron chi connectivity index (χ1n) is 10.5. The second kappa shape index (κ2) is 9.81. The number of anilines is 1. The van der Waals surface area contributed by atoms with Gasteiger partial charge in [-0.1, -0.05) is 12.1 Å². The molecule has 0 spiro atoms.